The molecule has 0 saturated carbocycles. The Morgan fingerprint density at radius 2 is 1.79 bits per heavy atom. The number of carbonyl (C=O) groups is 1. The fourth-order valence-corrected chi connectivity index (χ4v) is 2.82. The van der Waals surface area contributed by atoms with E-state index in [4.69, 9.17) is 14.2 Å². The summed E-state index contributed by atoms with van der Waals surface area (Å²) in [4.78, 5) is 14.4. The van der Waals surface area contributed by atoms with Gasteiger partial charge in [-0.15, -0.1) is 0 Å². The molecule has 2 rings (SSSR count). The zero-order valence-corrected chi connectivity index (χ0v) is 14.8. The van der Waals surface area contributed by atoms with Gasteiger partial charge in [0.2, 0.25) is 11.7 Å². The lowest BCUT2D eigenvalue weighted by Crippen LogP contribution is -2.42. The summed E-state index contributed by atoms with van der Waals surface area (Å²) in [5, 5.41) is 3.05. The van der Waals surface area contributed by atoms with E-state index < -0.39 is 0 Å². The van der Waals surface area contributed by atoms with Gasteiger partial charge < -0.3 is 24.4 Å². The van der Waals surface area contributed by atoms with E-state index >= 15 is 0 Å². The maximum absolute atomic E-state index is 12.1. The number of carbonyl (C=O) groups excluding carboxylic acids is 1. The number of benzene rings is 1. The van der Waals surface area contributed by atoms with Crippen LogP contribution in [0.4, 0.5) is 0 Å². The van der Waals surface area contributed by atoms with Crippen molar-refractivity contribution in [2.24, 2.45) is 0 Å². The minimum absolute atomic E-state index is 0.0959. The van der Waals surface area contributed by atoms with Gasteiger partial charge in [-0.05, 0) is 51.2 Å². The van der Waals surface area contributed by atoms with Crippen molar-refractivity contribution in [3.05, 3.63) is 23.8 Å². The van der Waals surface area contributed by atoms with Gasteiger partial charge in [-0.25, -0.2) is 0 Å². The van der Waals surface area contributed by atoms with Gasteiger partial charge in [0, 0.05) is 17.7 Å². The number of likely N-dealkylation sites (tertiary alicyclic amines) is 1. The van der Waals surface area contributed by atoms with Crippen LogP contribution >= 0.6 is 0 Å². The Morgan fingerprint density at radius 3 is 2.38 bits per heavy atom. The highest BCUT2D eigenvalue weighted by Crippen LogP contribution is 2.40. The Labute approximate surface area is 143 Å². The number of hydrogen-bond donors (Lipinski definition) is 1. The molecule has 0 radical (unpaired) electrons. The molecule has 1 amide bonds. The van der Waals surface area contributed by atoms with Gasteiger partial charge in [0.1, 0.15) is 0 Å². The third-order valence-corrected chi connectivity index (χ3v) is 4.21. The molecule has 0 atom stereocenters. The van der Waals surface area contributed by atoms with Crippen molar-refractivity contribution in [1.29, 1.82) is 0 Å². The number of nitrogens with zero attached hydrogens (tertiary/aromatic N) is 1. The molecule has 0 aromatic heterocycles. The standard InChI is InChI=1S/C18H26N2O4/c1-20-11-9-14(10-12-20)19-16(21)8-6-13-5-7-15(22-2)18(24-4)17(13)23-3/h5-8,14H,9-12H2,1-4H3,(H,19,21)/b8-6+. The molecule has 1 aromatic rings. The van der Waals surface area contributed by atoms with E-state index in [1.165, 1.54) is 6.08 Å². The normalized spacial score (nSPS) is 16.2. The first-order valence-corrected chi connectivity index (χ1v) is 8.05. The quantitative estimate of drug-likeness (QED) is 0.806. The van der Waals surface area contributed by atoms with E-state index in [9.17, 15) is 4.79 Å². The first kappa shape index (κ1) is 18.1. The SMILES string of the molecule is COc1ccc(/C=C/C(=O)NC2CCN(C)CC2)c(OC)c1OC. The Balaban J connectivity index is 2.06. The van der Waals surface area contributed by atoms with Crippen molar-refractivity contribution in [1.82, 2.24) is 10.2 Å². The lowest BCUT2D eigenvalue weighted by Gasteiger charge is -2.29. The lowest BCUT2D eigenvalue weighted by atomic mass is 10.1. The molecule has 0 spiro atoms. The number of hydrogen-bond acceptors (Lipinski definition) is 5. The summed E-state index contributed by atoms with van der Waals surface area (Å²) < 4.78 is 16.0. The molecule has 0 unspecified atom stereocenters. The third kappa shape index (κ3) is 4.41. The fraction of sp³-hybridized carbons (Fsp3) is 0.500. The summed E-state index contributed by atoms with van der Waals surface area (Å²) in [5.41, 5.74) is 0.758. The van der Waals surface area contributed by atoms with Crippen LogP contribution in [-0.2, 0) is 4.79 Å². The fourth-order valence-electron chi connectivity index (χ4n) is 2.82. The second kappa shape index (κ2) is 8.59. The minimum atomic E-state index is -0.0959. The predicted molar refractivity (Wildman–Crippen MR) is 93.8 cm³/mol. The molecule has 6 heteroatoms. The third-order valence-electron chi connectivity index (χ3n) is 4.21. The monoisotopic (exact) mass is 334 g/mol. The van der Waals surface area contributed by atoms with Crippen LogP contribution in [0.15, 0.2) is 18.2 Å². The number of nitrogens with one attached hydrogen (secondary N) is 1. The average Bonchev–Trinajstić information content (AvgIpc) is 2.60. The van der Waals surface area contributed by atoms with Crippen molar-refractivity contribution < 1.29 is 19.0 Å². The van der Waals surface area contributed by atoms with E-state index in [-0.39, 0.29) is 11.9 Å². The topological polar surface area (TPSA) is 60.0 Å². The Kier molecular flexibility index (Phi) is 6.49. The highest BCUT2D eigenvalue weighted by atomic mass is 16.5. The molecule has 1 N–H and O–H groups in total. The van der Waals surface area contributed by atoms with Crippen LogP contribution in [0.3, 0.4) is 0 Å². The van der Waals surface area contributed by atoms with Crippen LogP contribution in [0.25, 0.3) is 6.08 Å². The lowest BCUT2D eigenvalue weighted by molar-refractivity contribution is -0.117. The molecule has 1 heterocycles. The number of rotatable bonds is 6. The second-order valence-corrected chi connectivity index (χ2v) is 5.84. The maximum atomic E-state index is 12.1. The summed E-state index contributed by atoms with van der Waals surface area (Å²) in [5.74, 6) is 1.54. The molecular formula is C18H26N2O4. The summed E-state index contributed by atoms with van der Waals surface area (Å²) >= 11 is 0. The molecule has 1 fully saturated rings. The Hall–Kier alpha value is -2.21. The van der Waals surface area contributed by atoms with Crippen LogP contribution in [0.1, 0.15) is 18.4 Å². The number of methoxy groups -OCH3 is 3. The van der Waals surface area contributed by atoms with Gasteiger partial charge in [0.25, 0.3) is 0 Å². The summed E-state index contributed by atoms with van der Waals surface area (Å²) in [6, 6.07) is 3.86. The highest BCUT2D eigenvalue weighted by molar-refractivity contribution is 5.92. The van der Waals surface area contributed by atoms with Crippen molar-refractivity contribution in [2.75, 3.05) is 41.5 Å². The summed E-state index contributed by atoms with van der Waals surface area (Å²) in [6.45, 7) is 2.02. The number of ether oxygens (including phenoxy) is 3. The number of piperidine rings is 1. The van der Waals surface area contributed by atoms with Crippen molar-refractivity contribution >= 4 is 12.0 Å². The Morgan fingerprint density at radius 1 is 1.12 bits per heavy atom. The summed E-state index contributed by atoms with van der Waals surface area (Å²) in [6.07, 6.45) is 5.22. The molecule has 24 heavy (non-hydrogen) atoms. The predicted octanol–water partition coefficient (Wildman–Crippen LogP) is 1.94. The van der Waals surface area contributed by atoms with E-state index in [0.717, 1.165) is 31.5 Å². The summed E-state index contributed by atoms with van der Waals surface area (Å²) in [7, 11) is 6.79. The molecule has 132 valence electrons. The zero-order valence-electron chi connectivity index (χ0n) is 14.8. The van der Waals surface area contributed by atoms with Crippen molar-refractivity contribution in [3.63, 3.8) is 0 Å². The second-order valence-electron chi connectivity index (χ2n) is 5.84. The maximum Gasteiger partial charge on any atom is 0.244 e. The molecule has 1 aliphatic heterocycles. The van der Waals surface area contributed by atoms with Crippen LogP contribution in [-0.4, -0.2) is 58.3 Å². The van der Waals surface area contributed by atoms with Gasteiger partial charge in [0.05, 0.1) is 21.3 Å². The van der Waals surface area contributed by atoms with Crippen molar-refractivity contribution in [3.8, 4) is 17.2 Å². The van der Waals surface area contributed by atoms with Gasteiger partial charge in [-0.3, -0.25) is 4.79 Å². The van der Waals surface area contributed by atoms with Crippen molar-refractivity contribution in [2.45, 2.75) is 18.9 Å². The van der Waals surface area contributed by atoms with Gasteiger partial charge in [-0.2, -0.15) is 0 Å². The van der Waals surface area contributed by atoms with Gasteiger partial charge in [-0.1, -0.05) is 0 Å². The average molecular weight is 334 g/mol. The van der Waals surface area contributed by atoms with Crippen LogP contribution < -0.4 is 19.5 Å². The largest absolute Gasteiger partial charge is 0.493 e. The van der Waals surface area contributed by atoms with E-state index in [1.54, 1.807) is 33.5 Å². The van der Waals surface area contributed by atoms with Gasteiger partial charge >= 0.3 is 0 Å². The zero-order chi connectivity index (χ0) is 17.5. The van der Waals surface area contributed by atoms with Crippen LogP contribution in [0.2, 0.25) is 0 Å². The highest BCUT2D eigenvalue weighted by Gasteiger charge is 2.18. The molecule has 1 aliphatic rings. The Bertz CT molecular complexity index is 593. The van der Waals surface area contributed by atoms with E-state index in [1.807, 2.05) is 6.07 Å². The molecular weight excluding hydrogens is 308 g/mol. The van der Waals surface area contributed by atoms with E-state index in [2.05, 4.69) is 17.3 Å². The first-order chi connectivity index (χ1) is 11.6. The minimum Gasteiger partial charge on any atom is -0.493 e. The molecule has 0 aliphatic carbocycles. The molecule has 0 bridgehead atoms. The first-order valence-electron chi connectivity index (χ1n) is 8.05. The smallest absolute Gasteiger partial charge is 0.244 e. The van der Waals surface area contributed by atoms with Gasteiger partial charge in [0.15, 0.2) is 11.5 Å². The molecule has 6 nitrogen and oxygen atoms in total. The molecule has 1 aromatic carbocycles. The molecule has 1 saturated heterocycles. The number of amides is 1. The van der Waals surface area contributed by atoms with Crippen LogP contribution in [0.5, 0.6) is 17.2 Å². The van der Waals surface area contributed by atoms with E-state index in [0.29, 0.717) is 17.2 Å². The van der Waals surface area contributed by atoms with Crippen LogP contribution in [0, 0.1) is 0 Å².